The maximum absolute atomic E-state index is 12.0. The molecule has 0 unspecified atom stereocenters. The molecule has 0 saturated carbocycles. The number of benzene rings is 2. The van der Waals surface area contributed by atoms with E-state index in [-0.39, 0.29) is 11.7 Å². The van der Waals surface area contributed by atoms with Gasteiger partial charge in [0.05, 0.1) is 16.5 Å². The van der Waals surface area contributed by atoms with Gasteiger partial charge >= 0.3 is 0 Å². The summed E-state index contributed by atoms with van der Waals surface area (Å²) in [5.41, 5.74) is 1.24. The lowest BCUT2D eigenvalue weighted by atomic mass is 10.2. The topological polar surface area (TPSA) is 68.0 Å². The van der Waals surface area contributed by atoms with Crippen molar-refractivity contribution in [2.24, 2.45) is 0 Å². The summed E-state index contributed by atoms with van der Waals surface area (Å²) in [7, 11) is 0. The van der Waals surface area contributed by atoms with Crippen LogP contribution in [0.5, 0.6) is 0 Å². The van der Waals surface area contributed by atoms with Crippen LogP contribution in [0.2, 0.25) is 15.1 Å². The number of thioether (sulfide) groups is 1. The normalized spacial score (nSPS) is 10.7. The van der Waals surface area contributed by atoms with Gasteiger partial charge < -0.3 is 9.73 Å². The minimum absolute atomic E-state index is 0.0984. The van der Waals surface area contributed by atoms with Crippen molar-refractivity contribution in [3.05, 3.63) is 57.5 Å². The first-order valence-electron chi connectivity index (χ1n) is 6.98. The molecule has 0 aliphatic carbocycles. The third kappa shape index (κ3) is 4.89. The predicted octanol–water partition coefficient (Wildman–Crippen LogP) is 5.43. The highest BCUT2D eigenvalue weighted by Gasteiger charge is 2.12. The maximum Gasteiger partial charge on any atom is 0.277 e. The van der Waals surface area contributed by atoms with Crippen molar-refractivity contribution < 1.29 is 9.21 Å². The average Bonchev–Trinajstić information content (AvgIpc) is 3.05. The van der Waals surface area contributed by atoms with E-state index >= 15 is 0 Å². The smallest absolute Gasteiger partial charge is 0.277 e. The molecule has 1 heterocycles. The Hall–Kier alpha value is -1.73. The molecule has 0 fully saturated rings. The lowest BCUT2D eigenvalue weighted by Crippen LogP contribution is -2.14. The number of nitrogens with one attached hydrogen (secondary N) is 1. The van der Waals surface area contributed by atoms with Gasteiger partial charge in [0, 0.05) is 15.6 Å². The van der Waals surface area contributed by atoms with Crippen molar-refractivity contribution in [3.63, 3.8) is 0 Å². The number of aromatic nitrogens is 2. The summed E-state index contributed by atoms with van der Waals surface area (Å²) in [5.74, 6) is 0.210. The molecule has 25 heavy (non-hydrogen) atoms. The molecule has 1 N–H and O–H groups in total. The Kier molecular flexibility index (Phi) is 5.86. The molecule has 0 radical (unpaired) electrons. The number of carbonyl (C=O) groups is 1. The molecule has 0 aliphatic rings. The van der Waals surface area contributed by atoms with Gasteiger partial charge in [-0.2, -0.15) is 0 Å². The van der Waals surface area contributed by atoms with Crippen LogP contribution in [0.3, 0.4) is 0 Å². The Morgan fingerprint density at radius 2 is 1.76 bits per heavy atom. The van der Waals surface area contributed by atoms with Crippen molar-refractivity contribution in [2.75, 3.05) is 11.1 Å². The van der Waals surface area contributed by atoms with Crippen LogP contribution >= 0.6 is 46.6 Å². The average molecular weight is 415 g/mol. The minimum atomic E-state index is -0.250. The van der Waals surface area contributed by atoms with Crippen LogP contribution in [0, 0.1) is 0 Å². The van der Waals surface area contributed by atoms with E-state index in [2.05, 4.69) is 15.5 Å². The highest BCUT2D eigenvalue weighted by Crippen LogP contribution is 2.27. The van der Waals surface area contributed by atoms with Crippen LogP contribution in [0.25, 0.3) is 11.5 Å². The van der Waals surface area contributed by atoms with Crippen molar-refractivity contribution in [3.8, 4) is 11.5 Å². The lowest BCUT2D eigenvalue weighted by Gasteiger charge is -2.06. The number of halogens is 3. The van der Waals surface area contributed by atoms with E-state index in [1.165, 1.54) is 0 Å². The number of amides is 1. The zero-order valence-electron chi connectivity index (χ0n) is 12.5. The molecule has 0 atom stereocenters. The van der Waals surface area contributed by atoms with Crippen LogP contribution in [0.15, 0.2) is 52.1 Å². The van der Waals surface area contributed by atoms with Crippen LogP contribution in [-0.4, -0.2) is 21.9 Å². The molecule has 3 aromatic rings. The molecule has 3 rings (SSSR count). The van der Waals surface area contributed by atoms with E-state index in [0.717, 1.165) is 17.3 Å². The van der Waals surface area contributed by atoms with Gasteiger partial charge in [0.15, 0.2) is 0 Å². The van der Waals surface area contributed by atoms with E-state index in [0.29, 0.717) is 31.9 Å². The van der Waals surface area contributed by atoms with Gasteiger partial charge in [0.25, 0.3) is 5.22 Å². The van der Waals surface area contributed by atoms with Gasteiger partial charge in [-0.3, -0.25) is 4.79 Å². The standard InChI is InChI=1S/C16H10Cl3N3O2S/c17-10-3-1-9(2-4-10)15-21-22-16(24-15)25-8-14(23)20-13-6-5-11(18)7-12(13)19/h1-7H,8H2,(H,20,23). The number of hydrogen-bond acceptors (Lipinski definition) is 5. The van der Waals surface area contributed by atoms with Crippen LogP contribution in [0.1, 0.15) is 0 Å². The van der Waals surface area contributed by atoms with Gasteiger partial charge in [-0.25, -0.2) is 0 Å². The molecule has 0 spiro atoms. The summed E-state index contributed by atoms with van der Waals surface area (Å²) in [6.45, 7) is 0. The molecular weight excluding hydrogens is 405 g/mol. The Bertz CT molecular complexity index is 900. The Balaban J connectivity index is 1.58. The van der Waals surface area contributed by atoms with Crippen molar-refractivity contribution in [2.45, 2.75) is 5.22 Å². The highest BCUT2D eigenvalue weighted by molar-refractivity contribution is 7.99. The molecule has 9 heteroatoms. The number of nitrogens with zero attached hydrogens (tertiary/aromatic N) is 2. The fourth-order valence-corrected chi connectivity index (χ4v) is 3.03. The number of rotatable bonds is 5. The zero-order valence-corrected chi connectivity index (χ0v) is 15.6. The van der Waals surface area contributed by atoms with E-state index < -0.39 is 0 Å². The van der Waals surface area contributed by atoms with Crippen LogP contribution < -0.4 is 5.32 Å². The van der Waals surface area contributed by atoms with Gasteiger partial charge in [0.2, 0.25) is 11.8 Å². The molecule has 0 bridgehead atoms. The van der Waals surface area contributed by atoms with Crippen molar-refractivity contribution in [1.82, 2.24) is 10.2 Å². The van der Waals surface area contributed by atoms with Gasteiger partial charge in [0.1, 0.15) is 0 Å². The van der Waals surface area contributed by atoms with Crippen LogP contribution in [0.4, 0.5) is 5.69 Å². The molecule has 128 valence electrons. The first-order chi connectivity index (χ1) is 12.0. The molecular formula is C16H10Cl3N3O2S. The third-order valence-electron chi connectivity index (χ3n) is 3.03. The van der Waals surface area contributed by atoms with E-state index in [1.54, 1.807) is 42.5 Å². The molecule has 0 saturated heterocycles. The Morgan fingerprint density at radius 3 is 2.48 bits per heavy atom. The highest BCUT2D eigenvalue weighted by atomic mass is 35.5. The van der Waals surface area contributed by atoms with E-state index in [9.17, 15) is 4.79 Å². The second-order valence-corrected chi connectivity index (χ2v) is 7.05. The summed E-state index contributed by atoms with van der Waals surface area (Å²) in [6.07, 6.45) is 0. The summed E-state index contributed by atoms with van der Waals surface area (Å²) < 4.78 is 5.52. The molecule has 1 amide bonds. The maximum atomic E-state index is 12.0. The van der Waals surface area contributed by atoms with Crippen molar-refractivity contribution >= 4 is 58.2 Å². The predicted molar refractivity (Wildman–Crippen MR) is 101 cm³/mol. The third-order valence-corrected chi connectivity index (χ3v) is 4.65. The summed E-state index contributed by atoms with van der Waals surface area (Å²) in [5, 5.41) is 12.3. The fourth-order valence-electron chi connectivity index (χ4n) is 1.88. The molecule has 2 aromatic carbocycles. The Morgan fingerprint density at radius 1 is 1.04 bits per heavy atom. The second-order valence-electron chi connectivity index (χ2n) is 4.84. The molecule has 1 aromatic heterocycles. The lowest BCUT2D eigenvalue weighted by molar-refractivity contribution is -0.113. The Labute approximate surface area is 162 Å². The summed E-state index contributed by atoms with van der Waals surface area (Å²) in [4.78, 5) is 12.0. The number of anilines is 1. The van der Waals surface area contributed by atoms with Crippen molar-refractivity contribution in [1.29, 1.82) is 0 Å². The number of carbonyl (C=O) groups excluding carboxylic acids is 1. The molecule has 0 aliphatic heterocycles. The molecule has 5 nitrogen and oxygen atoms in total. The first kappa shape index (κ1) is 18.1. The number of hydrogen-bond donors (Lipinski definition) is 1. The van der Waals surface area contributed by atoms with Gasteiger partial charge in [-0.05, 0) is 42.5 Å². The monoisotopic (exact) mass is 413 g/mol. The fraction of sp³-hybridized carbons (Fsp3) is 0.0625. The van der Waals surface area contributed by atoms with Gasteiger partial charge in [-0.15, -0.1) is 10.2 Å². The minimum Gasteiger partial charge on any atom is -0.411 e. The first-order valence-corrected chi connectivity index (χ1v) is 9.10. The quantitative estimate of drug-likeness (QED) is 0.564. The largest absolute Gasteiger partial charge is 0.411 e. The second kappa shape index (κ2) is 8.10. The van der Waals surface area contributed by atoms with Gasteiger partial charge in [-0.1, -0.05) is 46.6 Å². The SMILES string of the molecule is O=C(CSc1nnc(-c2ccc(Cl)cc2)o1)Nc1ccc(Cl)cc1Cl. The summed E-state index contributed by atoms with van der Waals surface area (Å²) >= 11 is 18.8. The summed E-state index contributed by atoms with van der Waals surface area (Å²) in [6, 6.07) is 11.9. The van der Waals surface area contributed by atoms with Crippen LogP contribution in [-0.2, 0) is 4.79 Å². The van der Waals surface area contributed by atoms with E-state index in [4.69, 9.17) is 39.2 Å². The van der Waals surface area contributed by atoms with E-state index in [1.807, 2.05) is 0 Å². The zero-order chi connectivity index (χ0) is 17.8.